The third kappa shape index (κ3) is 5.10. The number of hydrogen-bond acceptors (Lipinski definition) is 5. The van der Waals surface area contributed by atoms with Crippen LogP contribution in [-0.2, 0) is 20.2 Å². The van der Waals surface area contributed by atoms with Gasteiger partial charge >= 0.3 is 0 Å². The summed E-state index contributed by atoms with van der Waals surface area (Å²) in [6, 6.07) is 3.83. The van der Waals surface area contributed by atoms with Crippen molar-refractivity contribution >= 4 is 27.3 Å². The second kappa shape index (κ2) is 9.43. The van der Waals surface area contributed by atoms with Gasteiger partial charge in [0.1, 0.15) is 11.0 Å². The molecule has 4 rings (SSSR count). The average molecular weight is 504 g/mol. The molecule has 0 aromatic heterocycles. The maximum atomic E-state index is 12.8. The van der Waals surface area contributed by atoms with E-state index in [1.807, 2.05) is 32.9 Å². The molecule has 0 saturated heterocycles. The fourth-order valence-corrected chi connectivity index (χ4v) is 6.90. The molecule has 8 heteroatoms. The first-order valence-corrected chi connectivity index (χ1v) is 14.5. The number of carbonyl (C=O) groups is 1. The molecular formula is C27H41N3O4S. The Morgan fingerprint density at radius 3 is 2.37 bits per heavy atom. The lowest BCUT2D eigenvalue weighted by molar-refractivity contribution is -0.121. The van der Waals surface area contributed by atoms with Crippen LogP contribution in [0.15, 0.2) is 18.2 Å². The second-order valence-electron chi connectivity index (χ2n) is 11.8. The first-order chi connectivity index (χ1) is 16.3. The summed E-state index contributed by atoms with van der Waals surface area (Å²) in [5.74, 6) is 1.20. The molecule has 0 bridgehead atoms. The lowest BCUT2D eigenvalue weighted by Crippen LogP contribution is -2.44. The maximum absolute atomic E-state index is 12.8. The van der Waals surface area contributed by atoms with E-state index in [9.17, 15) is 13.2 Å². The largest absolute Gasteiger partial charge is 0.481 e. The lowest BCUT2D eigenvalue weighted by atomic mass is 9.83. The van der Waals surface area contributed by atoms with Gasteiger partial charge in [0.2, 0.25) is 10.0 Å². The van der Waals surface area contributed by atoms with E-state index in [0.29, 0.717) is 5.92 Å². The maximum Gasteiger partial charge on any atom is 0.265 e. The van der Waals surface area contributed by atoms with Crippen LogP contribution in [0.25, 0.3) is 5.70 Å². The number of rotatable bonds is 5. The van der Waals surface area contributed by atoms with Gasteiger partial charge in [0, 0.05) is 35.5 Å². The summed E-state index contributed by atoms with van der Waals surface area (Å²) >= 11 is 0. The molecule has 3 aliphatic rings. The van der Waals surface area contributed by atoms with E-state index in [4.69, 9.17) is 9.88 Å². The van der Waals surface area contributed by atoms with Gasteiger partial charge in [-0.25, -0.2) is 13.6 Å². The highest BCUT2D eigenvalue weighted by Crippen LogP contribution is 2.46. The Hall–Kier alpha value is -2.06. The van der Waals surface area contributed by atoms with Crippen molar-refractivity contribution in [3.05, 3.63) is 29.3 Å². The Morgan fingerprint density at radius 2 is 1.80 bits per heavy atom. The van der Waals surface area contributed by atoms with Gasteiger partial charge in [-0.15, -0.1) is 0 Å². The molecule has 2 atom stereocenters. The SMILES string of the molecule is CC1C(S(N)(=O)=O)C=C(c2cc3c(c(C(C)(C)C)c2)OCC(=O)N3C(C)C)N1CC1CCCCC1. The minimum Gasteiger partial charge on any atom is -0.481 e. The van der Waals surface area contributed by atoms with E-state index in [1.165, 1.54) is 19.3 Å². The van der Waals surface area contributed by atoms with Crippen LogP contribution >= 0.6 is 0 Å². The number of hydrogen-bond donors (Lipinski definition) is 1. The third-order valence-electron chi connectivity index (χ3n) is 7.72. The summed E-state index contributed by atoms with van der Waals surface area (Å²) in [6.07, 6.45) is 7.87. The van der Waals surface area contributed by atoms with E-state index in [1.54, 1.807) is 4.90 Å². The molecule has 1 aromatic carbocycles. The van der Waals surface area contributed by atoms with Gasteiger partial charge in [-0.3, -0.25) is 4.79 Å². The van der Waals surface area contributed by atoms with Gasteiger partial charge in [-0.1, -0.05) is 40.0 Å². The molecule has 2 unspecified atom stereocenters. The van der Waals surface area contributed by atoms with Crippen LogP contribution in [0.2, 0.25) is 0 Å². The van der Waals surface area contributed by atoms with Crippen LogP contribution in [0.5, 0.6) is 5.75 Å². The predicted octanol–water partition coefficient (Wildman–Crippen LogP) is 4.40. The van der Waals surface area contributed by atoms with E-state index in [-0.39, 0.29) is 30.0 Å². The molecule has 0 radical (unpaired) electrons. The Bertz CT molecular complexity index is 1110. The van der Waals surface area contributed by atoms with Crippen LogP contribution in [0.3, 0.4) is 0 Å². The van der Waals surface area contributed by atoms with Gasteiger partial charge in [-0.05, 0) is 63.2 Å². The van der Waals surface area contributed by atoms with Crippen LogP contribution in [0.4, 0.5) is 5.69 Å². The molecule has 1 aromatic rings. The summed E-state index contributed by atoms with van der Waals surface area (Å²) < 4.78 is 31.1. The molecule has 2 N–H and O–H groups in total. The Labute approximate surface area is 210 Å². The second-order valence-corrected chi connectivity index (χ2v) is 13.5. The number of nitrogens with zero attached hydrogens (tertiary/aromatic N) is 2. The molecule has 1 fully saturated rings. The van der Waals surface area contributed by atoms with Crippen molar-refractivity contribution in [3.63, 3.8) is 0 Å². The zero-order valence-corrected chi connectivity index (χ0v) is 22.8. The summed E-state index contributed by atoms with van der Waals surface area (Å²) in [6.45, 7) is 13.2. The van der Waals surface area contributed by atoms with Crippen LogP contribution in [0, 0.1) is 5.92 Å². The standard InChI is InChI=1S/C27H41N3O4S/c1-17(2)30-23-13-20(12-21(27(4,5)6)26(23)34-16-25(30)31)22-14-24(35(28,32)33)18(3)29(22)15-19-10-8-7-9-11-19/h12-14,17-19,24H,7-11,15-16H2,1-6H3,(H2,28,32,33). The molecule has 1 aliphatic carbocycles. The molecule has 1 saturated carbocycles. The first kappa shape index (κ1) is 26.0. The van der Waals surface area contributed by atoms with E-state index in [0.717, 1.165) is 47.6 Å². The van der Waals surface area contributed by atoms with E-state index in [2.05, 4.69) is 31.7 Å². The van der Waals surface area contributed by atoms with Crippen molar-refractivity contribution in [1.29, 1.82) is 0 Å². The third-order valence-corrected chi connectivity index (χ3v) is 9.00. The summed E-state index contributed by atoms with van der Waals surface area (Å²) in [5, 5.41) is 4.92. The van der Waals surface area contributed by atoms with Gasteiger partial charge in [-0.2, -0.15) is 0 Å². The van der Waals surface area contributed by atoms with Crippen LogP contribution in [0.1, 0.15) is 84.8 Å². The fraction of sp³-hybridized carbons (Fsp3) is 0.667. The van der Waals surface area contributed by atoms with Crippen molar-refractivity contribution in [1.82, 2.24) is 4.90 Å². The van der Waals surface area contributed by atoms with Crippen LogP contribution in [-0.4, -0.2) is 49.7 Å². The highest BCUT2D eigenvalue weighted by atomic mass is 32.2. The summed E-state index contributed by atoms with van der Waals surface area (Å²) in [4.78, 5) is 16.9. The quantitative estimate of drug-likeness (QED) is 0.643. The Balaban J connectivity index is 1.87. The van der Waals surface area contributed by atoms with Crippen molar-refractivity contribution in [2.24, 2.45) is 11.1 Å². The molecular weight excluding hydrogens is 462 g/mol. The van der Waals surface area contributed by atoms with Gasteiger partial charge in [0.05, 0.1) is 5.69 Å². The van der Waals surface area contributed by atoms with Gasteiger partial charge in [0.25, 0.3) is 5.91 Å². The van der Waals surface area contributed by atoms with Gasteiger partial charge < -0.3 is 14.5 Å². The number of benzene rings is 1. The number of sulfonamides is 1. The van der Waals surface area contributed by atoms with E-state index >= 15 is 0 Å². The topological polar surface area (TPSA) is 92.9 Å². The number of carbonyl (C=O) groups excluding carboxylic acids is 1. The zero-order chi connectivity index (χ0) is 25.7. The number of fused-ring (bicyclic) bond motifs is 1. The van der Waals surface area contributed by atoms with Crippen molar-refractivity contribution in [3.8, 4) is 5.75 Å². The zero-order valence-electron chi connectivity index (χ0n) is 22.0. The van der Waals surface area contributed by atoms with E-state index < -0.39 is 15.3 Å². The first-order valence-electron chi connectivity index (χ1n) is 12.9. The lowest BCUT2D eigenvalue weighted by Gasteiger charge is -2.38. The molecule has 2 heterocycles. The Kier molecular flexibility index (Phi) is 7.01. The highest BCUT2D eigenvalue weighted by molar-refractivity contribution is 7.90. The van der Waals surface area contributed by atoms with Crippen LogP contribution < -0.4 is 14.8 Å². The van der Waals surface area contributed by atoms with Gasteiger partial charge in [0.15, 0.2) is 6.61 Å². The number of amides is 1. The number of nitrogens with two attached hydrogens (primary N) is 1. The minimum absolute atomic E-state index is 0.0225. The normalized spacial score (nSPS) is 24.0. The molecule has 194 valence electrons. The predicted molar refractivity (Wildman–Crippen MR) is 141 cm³/mol. The molecule has 2 aliphatic heterocycles. The molecule has 7 nitrogen and oxygen atoms in total. The van der Waals surface area contributed by atoms with Crippen molar-refractivity contribution < 1.29 is 17.9 Å². The summed E-state index contributed by atoms with van der Waals surface area (Å²) in [7, 11) is -3.76. The molecule has 35 heavy (non-hydrogen) atoms. The molecule has 1 amide bonds. The number of primary sulfonamides is 1. The minimum atomic E-state index is -3.76. The molecule has 0 spiro atoms. The fourth-order valence-electron chi connectivity index (χ4n) is 5.88. The number of ether oxygens (including phenoxy) is 1. The Morgan fingerprint density at radius 1 is 1.14 bits per heavy atom. The average Bonchev–Trinajstić information content (AvgIpc) is 3.09. The monoisotopic (exact) mass is 503 g/mol. The summed E-state index contributed by atoms with van der Waals surface area (Å²) in [5.41, 5.74) is 3.32. The van der Waals surface area contributed by atoms with Crippen molar-refractivity contribution in [2.75, 3.05) is 18.1 Å². The smallest absolute Gasteiger partial charge is 0.265 e. The van der Waals surface area contributed by atoms with Crippen molar-refractivity contribution in [2.45, 2.75) is 96.4 Å². The number of anilines is 1. The highest BCUT2D eigenvalue weighted by Gasteiger charge is 2.41.